The van der Waals surface area contributed by atoms with Crippen LogP contribution in [0.3, 0.4) is 0 Å². The van der Waals surface area contributed by atoms with Crippen LogP contribution in [0.1, 0.15) is 19.3 Å². The van der Waals surface area contributed by atoms with Crippen LogP contribution in [-0.2, 0) is 0 Å². The molecule has 0 saturated heterocycles. The summed E-state index contributed by atoms with van der Waals surface area (Å²) in [6, 6.07) is 3.44. The second-order valence-electron chi connectivity index (χ2n) is 3.77. The van der Waals surface area contributed by atoms with Crippen LogP contribution in [-0.4, -0.2) is 27.4 Å². The maximum Gasteiger partial charge on any atom is 0.148 e. The predicted molar refractivity (Wildman–Crippen MR) is 53.7 cm³/mol. The van der Waals surface area contributed by atoms with Crippen molar-refractivity contribution in [2.24, 2.45) is 0 Å². The fraction of sp³-hybridized carbons (Fsp3) is 0.556. The summed E-state index contributed by atoms with van der Waals surface area (Å²) in [4.78, 5) is 0. The summed E-state index contributed by atoms with van der Waals surface area (Å²) in [5, 5.41) is 20.4. The molecular weight excluding hydrogens is 180 g/mol. The van der Waals surface area contributed by atoms with Crippen LogP contribution in [0.15, 0.2) is 12.1 Å². The van der Waals surface area contributed by atoms with E-state index >= 15 is 0 Å². The molecule has 1 aromatic rings. The lowest BCUT2D eigenvalue weighted by Gasteiger charge is -2.36. The zero-order valence-electron chi connectivity index (χ0n) is 7.90. The molecule has 0 unspecified atom stereocenters. The number of aliphatic hydroxyl groups is 1. The minimum absolute atomic E-state index is 0.401. The average Bonchev–Trinajstić information content (AvgIpc) is 2.14. The van der Waals surface area contributed by atoms with Gasteiger partial charge in [0.05, 0.1) is 5.60 Å². The predicted octanol–water partition coefficient (Wildman–Crippen LogP) is 0.386. The van der Waals surface area contributed by atoms with Crippen molar-refractivity contribution in [1.82, 2.24) is 10.2 Å². The lowest BCUT2D eigenvalue weighted by Crippen LogP contribution is -2.43. The third kappa shape index (κ3) is 1.93. The summed E-state index contributed by atoms with van der Waals surface area (Å²) in [6.07, 6.45) is 2.83. The first-order chi connectivity index (χ1) is 6.68. The van der Waals surface area contributed by atoms with Crippen molar-refractivity contribution >= 4 is 11.6 Å². The van der Waals surface area contributed by atoms with E-state index in [1.54, 1.807) is 12.1 Å². The summed E-state index contributed by atoms with van der Waals surface area (Å²) in [5.74, 6) is 1.05. The Kier molecular flexibility index (Phi) is 2.25. The molecule has 0 atom stereocenters. The molecule has 5 nitrogen and oxygen atoms in total. The Hall–Kier alpha value is -1.36. The smallest absolute Gasteiger partial charge is 0.148 e. The molecule has 1 saturated carbocycles. The highest BCUT2D eigenvalue weighted by atomic mass is 16.3. The molecular formula is C9H14N4O. The Bertz CT molecular complexity index is 307. The molecule has 1 heterocycles. The van der Waals surface area contributed by atoms with E-state index in [1.807, 2.05) is 0 Å². The fourth-order valence-corrected chi connectivity index (χ4v) is 1.45. The average molecular weight is 194 g/mol. The summed E-state index contributed by atoms with van der Waals surface area (Å²) in [6.45, 7) is 0.533. The molecule has 0 amide bonds. The Morgan fingerprint density at radius 2 is 2.21 bits per heavy atom. The van der Waals surface area contributed by atoms with Crippen LogP contribution in [0.4, 0.5) is 11.6 Å². The molecule has 1 aromatic heterocycles. The molecule has 0 bridgehead atoms. The molecule has 76 valence electrons. The van der Waals surface area contributed by atoms with Gasteiger partial charge in [-0.15, -0.1) is 10.2 Å². The van der Waals surface area contributed by atoms with Gasteiger partial charge in [-0.25, -0.2) is 0 Å². The number of nitrogen functional groups attached to an aromatic ring is 1. The van der Waals surface area contributed by atoms with Gasteiger partial charge in [0.2, 0.25) is 0 Å². The van der Waals surface area contributed by atoms with Crippen molar-refractivity contribution in [3.05, 3.63) is 12.1 Å². The summed E-state index contributed by atoms with van der Waals surface area (Å²) in [7, 11) is 0. The van der Waals surface area contributed by atoms with Crippen LogP contribution in [0.2, 0.25) is 0 Å². The van der Waals surface area contributed by atoms with Gasteiger partial charge < -0.3 is 16.2 Å². The number of rotatable bonds is 3. The first-order valence-electron chi connectivity index (χ1n) is 4.73. The zero-order valence-corrected chi connectivity index (χ0v) is 7.90. The molecule has 1 fully saturated rings. The van der Waals surface area contributed by atoms with E-state index in [1.165, 1.54) is 0 Å². The standard InChI is InChI=1S/C9H14N4O/c10-7-2-3-8(13-12-7)11-6-9(14)4-1-5-9/h2-3,14H,1,4-6H2,(H2,10,12)(H,11,13). The second kappa shape index (κ2) is 3.42. The van der Waals surface area contributed by atoms with Gasteiger partial charge in [0, 0.05) is 6.54 Å². The fourth-order valence-electron chi connectivity index (χ4n) is 1.45. The molecule has 0 aromatic carbocycles. The molecule has 14 heavy (non-hydrogen) atoms. The number of nitrogens with zero attached hydrogens (tertiary/aromatic N) is 2. The second-order valence-corrected chi connectivity index (χ2v) is 3.77. The topological polar surface area (TPSA) is 84.1 Å². The van der Waals surface area contributed by atoms with Gasteiger partial charge in [-0.2, -0.15) is 0 Å². The minimum Gasteiger partial charge on any atom is -0.388 e. The van der Waals surface area contributed by atoms with Crippen LogP contribution in [0.25, 0.3) is 0 Å². The highest BCUT2D eigenvalue weighted by Crippen LogP contribution is 2.31. The van der Waals surface area contributed by atoms with E-state index in [9.17, 15) is 5.11 Å². The van der Waals surface area contributed by atoms with Gasteiger partial charge in [0.15, 0.2) is 0 Å². The first kappa shape index (κ1) is 9.21. The van der Waals surface area contributed by atoms with Crippen molar-refractivity contribution in [2.45, 2.75) is 24.9 Å². The maximum atomic E-state index is 9.79. The number of nitrogens with one attached hydrogen (secondary N) is 1. The monoisotopic (exact) mass is 194 g/mol. The van der Waals surface area contributed by atoms with E-state index in [-0.39, 0.29) is 0 Å². The van der Waals surface area contributed by atoms with Gasteiger partial charge in [0.25, 0.3) is 0 Å². The van der Waals surface area contributed by atoms with Gasteiger partial charge in [-0.1, -0.05) is 0 Å². The van der Waals surface area contributed by atoms with Crippen molar-refractivity contribution in [3.8, 4) is 0 Å². The minimum atomic E-state index is -0.539. The largest absolute Gasteiger partial charge is 0.388 e. The van der Waals surface area contributed by atoms with Crippen molar-refractivity contribution in [1.29, 1.82) is 0 Å². The third-order valence-corrected chi connectivity index (χ3v) is 2.57. The number of nitrogens with two attached hydrogens (primary N) is 1. The van der Waals surface area contributed by atoms with Crippen LogP contribution >= 0.6 is 0 Å². The summed E-state index contributed by atoms with van der Waals surface area (Å²) in [5.41, 5.74) is 4.86. The van der Waals surface area contributed by atoms with Crippen LogP contribution < -0.4 is 11.1 Å². The Labute approximate surface area is 82.3 Å². The lowest BCUT2D eigenvalue weighted by atomic mass is 9.80. The third-order valence-electron chi connectivity index (χ3n) is 2.57. The summed E-state index contributed by atoms with van der Waals surface area (Å²) < 4.78 is 0. The van der Waals surface area contributed by atoms with Gasteiger partial charge in [-0.05, 0) is 31.4 Å². The Morgan fingerprint density at radius 1 is 1.43 bits per heavy atom. The van der Waals surface area contributed by atoms with Gasteiger partial charge in [-0.3, -0.25) is 0 Å². The van der Waals surface area contributed by atoms with Crippen LogP contribution in [0.5, 0.6) is 0 Å². The molecule has 5 heteroatoms. The maximum absolute atomic E-state index is 9.79. The molecule has 4 N–H and O–H groups in total. The number of aromatic nitrogens is 2. The normalized spacial score (nSPS) is 18.6. The first-order valence-corrected chi connectivity index (χ1v) is 4.73. The number of hydrogen-bond donors (Lipinski definition) is 3. The van der Waals surface area contributed by atoms with E-state index < -0.39 is 5.60 Å². The molecule has 0 aliphatic heterocycles. The highest BCUT2D eigenvalue weighted by Gasteiger charge is 2.33. The van der Waals surface area contributed by atoms with Crippen molar-refractivity contribution < 1.29 is 5.11 Å². The number of anilines is 2. The summed E-state index contributed by atoms with van der Waals surface area (Å²) >= 11 is 0. The van der Waals surface area contributed by atoms with E-state index in [0.717, 1.165) is 19.3 Å². The zero-order chi connectivity index (χ0) is 10.0. The lowest BCUT2D eigenvalue weighted by molar-refractivity contribution is -0.0202. The molecule has 0 radical (unpaired) electrons. The van der Waals surface area contributed by atoms with Crippen molar-refractivity contribution in [2.75, 3.05) is 17.6 Å². The van der Waals surface area contributed by atoms with E-state index in [4.69, 9.17) is 5.73 Å². The van der Waals surface area contributed by atoms with E-state index in [2.05, 4.69) is 15.5 Å². The quantitative estimate of drug-likeness (QED) is 0.648. The Morgan fingerprint density at radius 3 is 2.71 bits per heavy atom. The Balaban J connectivity index is 1.88. The molecule has 1 aliphatic carbocycles. The van der Waals surface area contributed by atoms with Crippen LogP contribution in [0, 0.1) is 0 Å². The molecule has 1 aliphatic rings. The van der Waals surface area contributed by atoms with Gasteiger partial charge in [0.1, 0.15) is 11.6 Å². The molecule has 2 rings (SSSR count). The SMILES string of the molecule is Nc1ccc(NCC2(O)CCC2)nn1. The van der Waals surface area contributed by atoms with Gasteiger partial charge >= 0.3 is 0 Å². The molecule has 0 spiro atoms. The van der Waals surface area contributed by atoms with E-state index in [0.29, 0.717) is 18.2 Å². The van der Waals surface area contributed by atoms with Crippen molar-refractivity contribution in [3.63, 3.8) is 0 Å². The highest BCUT2D eigenvalue weighted by molar-refractivity contribution is 5.38. The number of hydrogen-bond acceptors (Lipinski definition) is 5.